The van der Waals surface area contributed by atoms with Gasteiger partial charge in [-0.15, -0.1) is 10.2 Å². The van der Waals surface area contributed by atoms with E-state index in [9.17, 15) is 26.0 Å². The van der Waals surface area contributed by atoms with Gasteiger partial charge in [-0.25, -0.2) is 12.8 Å². The average molecular weight is 379 g/mol. The minimum absolute atomic E-state index is 0.0627. The van der Waals surface area contributed by atoms with Crippen molar-refractivity contribution in [3.8, 4) is 0 Å². The molecule has 11 heteroatoms. The van der Waals surface area contributed by atoms with Gasteiger partial charge in [0.2, 0.25) is 15.9 Å². The van der Waals surface area contributed by atoms with Gasteiger partial charge in [0.1, 0.15) is 5.82 Å². The van der Waals surface area contributed by atoms with Crippen LogP contribution in [0.1, 0.15) is 30.5 Å². The summed E-state index contributed by atoms with van der Waals surface area (Å²) in [6, 6.07) is 4.65. The zero-order valence-corrected chi connectivity index (χ0v) is 13.5. The number of piperidine rings is 1. The van der Waals surface area contributed by atoms with Crippen molar-refractivity contribution in [1.29, 1.82) is 0 Å². The molecular formula is C14H13F4N3O3S. The van der Waals surface area contributed by atoms with Crippen LogP contribution in [-0.4, -0.2) is 36.0 Å². The van der Waals surface area contributed by atoms with E-state index in [1.165, 1.54) is 16.4 Å². The van der Waals surface area contributed by atoms with Crippen molar-refractivity contribution < 1.29 is 30.4 Å². The molecule has 0 aliphatic carbocycles. The summed E-state index contributed by atoms with van der Waals surface area (Å²) < 4.78 is 81.5. The number of halogens is 4. The Labute approximate surface area is 140 Å². The first-order valence-corrected chi connectivity index (χ1v) is 8.78. The third-order valence-corrected chi connectivity index (χ3v) is 5.81. The molecule has 0 atom stereocenters. The SMILES string of the molecule is O=S(=O)(c1cccc(F)c1)N1CCC(c2nnc(C(F)(F)F)o2)CC1. The molecule has 3 rings (SSSR count). The van der Waals surface area contributed by atoms with Crippen LogP contribution in [0.4, 0.5) is 17.6 Å². The molecule has 1 saturated heterocycles. The molecule has 0 radical (unpaired) electrons. The predicted molar refractivity (Wildman–Crippen MR) is 76.4 cm³/mol. The van der Waals surface area contributed by atoms with Gasteiger partial charge in [0.05, 0.1) is 4.90 Å². The first-order chi connectivity index (χ1) is 11.7. The van der Waals surface area contributed by atoms with Crippen LogP contribution in [-0.2, 0) is 16.2 Å². The average Bonchev–Trinajstić information content (AvgIpc) is 3.05. The van der Waals surface area contributed by atoms with E-state index < -0.39 is 33.8 Å². The molecule has 0 spiro atoms. The summed E-state index contributed by atoms with van der Waals surface area (Å²) in [6.45, 7) is 0.125. The van der Waals surface area contributed by atoms with Gasteiger partial charge in [0, 0.05) is 19.0 Å². The third-order valence-electron chi connectivity index (χ3n) is 3.92. The van der Waals surface area contributed by atoms with Crippen molar-refractivity contribution in [2.45, 2.75) is 29.8 Å². The lowest BCUT2D eigenvalue weighted by molar-refractivity contribution is -0.157. The molecule has 0 unspecified atom stereocenters. The fraction of sp³-hybridized carbons (Fsp3) is 0.429. The highest BCUT2D eigenvalue weighted by atomic mass is 32.2. The van der Waals surface area contributed by atoms with Gasteiger partial charge in [-0.05, 0) is 31.0 Å². The highest BCUT2D eigenvalue weighted by molar-refractivity contribution is 7.89. The normalized spacial score (nSPS) is 17.8. The minimum Gasteiger partial charge on any atom is -0.417 e. The van der Waals surface area contributed by atoms with Crippen LogP contribution in [0.2, 0.25) is 0 Å². The first kappa shape index (κ1) is 17.8. The number of rotatable bonds is 3. The van der Waals surface area contributed by atoms with E-state index in [1.807, 2.05) is 0 Å². The number of hydrogen-bond acceptors (Lipinski definition) is 5. The molecule has 1 fully saturated rings. The Balaban J connectivity index is 1.70. The van der Waals surface area contributed by atoms with Crippen LogP contribution in [0.5, 0.6) is 0 Å². The van der Waals surface area contributed by atoms with Gasteiger partial charge in [-0.2, -0.15) is 17.5 Å². The number of alkyl halides is 3. The summed E-state index contributed by atoms with van der Waals surface area (Å²) in [5.74, 6) is -2.70. The second kappa shape index (κ2) is 6.37. The Bertz CT molecular complexity index is 858. The van der Waals surface area contributed by atoms with Crippen LogP contribution in [0.25, 0.3) is 0 Å². The highest BCUT2D eigenvalue weighted by Crippen LogP contribution is 2.33. The van der Waals surface area contributed by atoms with Crippen molar-refractivity contribution in [1.82, 2.24) is 14.5 Å². The molecule has 0 bridgehead atoms. The smallest absolute Gasteiger partial charge is 0.417 e. The van der Waals surface area contributed by atoms with E-state index in [0.29, 0.717) is 0 Å². The van der Waals surface area contributed by atoms with Crippen LogP contribution in [0.15, 0.2) is 33.6 Å². The largest absolute Gasteiger partial charge is 0.470 e. The molecule has 0 amide bonds. The van der Waals surface area contributed by atoms with E-state index in [1.54, 1.807) is 0 Å². The van der Waals surface area contributed by atoms with Crippen molar-refractivity contribution in [2.75, 3.05) is 13.1 Å². The lowest BCUT2D eigenvalue weighted by Crippen LogP contribution is -2.38. The molecular weight excluding hydrogens is 366 g/mol. The predicted octanol–water partition coefficient (Wildman–Crippen LogP) is 2.80. The highest BCUT2D eigenvalue weighted by Gasteiger charge is 2.39. The number of aromatic nitrogens is 2. The van der Waals surface area contributed by atoms with E-state index in [4.69, 9.17) is 0 Å². The van der Waals surface area contributed by atoms with E-state index >= 15 is 0 Å². The first-order valence-electron chi connectivity index (χ1n) is 7.34. The fourth-order valence-corrected chi connectivity index (χ4v) is 4.14. The molecule has 25 heavy (non-hydrogen) atoms. The quantitative estimate of drug-likeness (QED) is 0.767. The maximum absolute atomic E-state index is 13.2. The lowest BCUT2D eigenvalue weighted by atomic mass is 9.98. The zero-order valence-electron chi connectivity index (χ0n) is 12.7. The standard InChI is InChI=1S/C14H13F4N3O3S/c15-10-2-1-3-11(8-10)25(22,23)21-6-4-9(5-7-21)12-19-20-13(24-12)14(16,17)18/h1-3,8-9H,4-7H2. The van der Waals surface area contributed by atoms with E-state index in [2.05, 4.69) is 14.6 Å². The van der Waals surface area contributed by atoms with Crippen molar-refractivity contribution >= 4 is 10.0 Å². The van der Waals surface area contributed by atoms with Gasteiger partial charge in [-0.1, -0.05) is 6.07 Å². The number of nitrogens with zero attached hydrogens (tertiary/aromatic N) is 3. The van der Waals surface area contributed by atoms with Crippen LogP contribution >= 0.6 is 0 Å². The Morgan fingerprint density at radius 2 is 1.84 bits per heavy atom. The molecule has 0 N–H and O–H groups in total. The molecule has 1 aromatic heterocycles. The number of hydrogen-bond donors (Lipinski definition) is 0. The summed E-state index contributed by atoms with van der Waals surface area (Å²) in [4.78, 5) is -0.164. The van der Waals surface area contributed by atoms with Gasteiger partial charge < -0.3 is 4.42 Å². The maximum atomic E-state index is 13.2. The van der Waals surface area contributed by atoms with Gasteiger partial charge in [-0.3, -0.25) is 0 Å². The van der Waals surface area contributed by atoms with Crippen LogP contribution in [0.3, 0.4) is 0 Å². The molecule has 1 aliphatic heterocycles. The Morgan fingerprint density at radius 3 is 2.40 bits per heavy atom. The second-order valence-corrected chi connectivity index (χ2v) is 7.52. The zero-order chi connectivity index (χ0) is 18.2. The van der Waals surface area contributed by atoms with Crippen molar-refractivity contribution in [3.05, 3.63) is 41.9 Å². The van der Waals surface area contributed by atoms with E-state index in [-0.39, 0.29) is 36.7 Å². The number of benzene rings is 1. The molecule has 2 heterocycles. The Morgan fingerprint density at radius 1 is 1.16 bits per heavy atom. The monoisotopic (exact) mass is 379 g/mol. The molecule has 6 nitrogen and oxygen atoms in total. The molecule has 2 aromatic rings. The summed E-state index contributed by atoms with van der Waals surface area (Å²) in [7, 11) is -3.86. The molecule has 136 valence electrons. The van der Waals surface area contributed by atoms with Gasteiger partial charge in [0.15, 0.2) is 0 Å². The van der Waals surface area contributed by atoms with Crippen molar-refractivity contribution in [2.24, 2.45) is 0 Å². The maximum Gasteiger partial charge on any atom is 0.470 e. The van der Waals surface area contributed by atoms with Gasteiger partial charge >= 0.3 is 12.1 Å². The van der Waals surface area contributed by atoms with Crippen LogP contribution in [0, 0.1) is 5.82 Å². The molecule has 0 saturated carbocycles. The summed E-state index contributed by atoms with van der Waals surface area (Å²) in [5, 5.41) is 6.38. The summed E-state index contributed by atoms with van der Waals surface area (Å²) >= 11 is 0. The number of sulfonamides is 1. The lowest BCUT2D eigenvalue weighted by Gasteiger charge is -2.29. The molecule has 1 aromatic carbocycles. The van der Waals surface area contributed by atoms with Crippen LogP contribution < -0.4 is 0 Å². The summed E-state index contributed by atoms with van der Waals surface area (Å²) in [5.41, 5.74) is 0. The Hall–Kier alpha value is -2.01. The summed E-state index contributed by atoms with van der Waals surface area (Å²) in [6.07, 6.45) is -4.26. The van der Waals surface area contributed by atoms with Crippen molar-refractivity contribution in [3.63, 3.8) is 0 Å². The topological polar surface area (TPSA) is 76.3 Å². The second-order valence-electron chi connectivity index (χ2n) is 5.58. The van der Waals surface area contributed by atoms with Gasteiger partial charge in [0.25, 0.3) is 0 Å². The molecule has 1 aliphatic rings. The minimum atomic E-state index is -4.72. The fourth-order valence-electron chi connectivity index (χ4n) is 2.63. The third kappa shape index (κ3) is 3.66. The van der Waals surface area contributed by atoms with E-state index in [0.717, 1.165) is 12.1 Å². The Kier molecular flexibility index (Phi) is 4.54.